The van der Waals surface area contributed by atoms with E-state index < -0.39 is 0 Å². The van der Waals surface area contributed by atoms with E-state index in [1.807, 2.05) is 0 Å². The summed E-state index contributed by atoms with van der Waals surface area (Å²) in [7, 11) is 4.91. The van der Waals surface area contributed by atoms with Gasteiger partial charge in [-0.3, -0.25) is 4.79 Å². The molecule has 4 nitrogen and oxygen atoms in total. The Morgan fingerprint density at radius 1 is 1.64 bits per heavy atom. The maximum atomic E-state index is 11.2. The highest BCUT2D eigenvalue weighted by Crippen LogP contribution is 1.98. The SMILES string of the molecule is CO[C@@H](CCN)C(=O)N(C)C. The van der Waals surface area contributed by atoms with Gasteiger partial charge in [-0.25, -0.2) is 0 Å². The zero-order chi connectivity index (χ0) is 8.85. The molecule has 1 amide bonds. The molecule has 0 saturated heterocycles. The first kappa shape index (κ1) is 10.4. The minimum Gasteiger partial charge on any atom is -0.372 e. The molecular weight excluding hydrogens is 144 g/mol. The second-order valence-electron chi connectivity index (χ2n) is 2.53. The summed E-state index contributed by atoms with van der Waals surface area (Å²) in [5.74, 6) is -0.0297. The van der Waals surface area contributed by atoms with Crippen molar-refractivity contribution in [2.45, 2.75) is 12.5 Å². The minimum atomic E-state index is -0.380. The number of ether oxygens (including phenoxy) is 1. The molecule has 1 atom stereocenters. The molecule has 0 aromatic heterocycles. The van der Waals surface area contributed by atoms with Crippen molar-refractivity contribution in [1.82, 2.24) is 4.90 Å². The normalized spacial score (nSPS) is 12.7. The number of nitrogens with two attached hydrogens (primary N) is 1. The summed E-state index contributed by atoms with van der Waals surface area (Å²) in [6, 6.07) is 0. The fourth-order valence-corrected chi connectivity index (χ4v) is 0.782. The third kappa shape index (κ3) is 3.34. The number of hydrogen-bond acceptors (Lipinski definition) is 3. The fraction of sp³-hybridized carbons (Fsp3) is 0.857. The van der Waals surface area contributed by atoms with E-state index in [2.05, 4.69) is 0 Å². The number of carbonyl (C=O) groups is 1. The van der Waals surface area contributed by atoms with Crippen molar-refractivity contribution in [3.8, 4) is 0 Å². The van der Waals surface area contributed by atoms with E-state index in [1.54, 1.807) is 14.1 Å². The lowest BCUT2D eigenvalue weighted by molar-refractivity contribution is -0.139. The van der Waals surface area contributed by atoms with Crippen LogP contribution in [0.4, 0.5) is 0 Å². The first-order chi connectivity index (χ1) is 5.13. The molecule has 0 aromatic carbocycles. The van der Waals surface area contributed by atoms with Crippen molar-refractivity contribution in [3.05, 3.63) is 0 Å². The summed E-state index contributed by atoms with van der Waals surface area (Å²) in [6.07, 6.45) is 0.197. The van der Waals surface area contributed by atoms with E-state index in [-0.39, 0.29) is 12.0 Å². The van der Waals surface area contributed by atoms with Gasteiger partial charge in [-0.15, -0.1) is 0 Å². The Morgan fingerprint density at radius 2 is 2.18 bits per heavy atom. The molecule has 0 spiro atoms. The Bertz CT molecular complexity index is 126. The van der Waals surface area contributed by atoms with Gasteiger partial charge in [0, 0.05) is 21.2 Å². The van der Waals surface area contributed by atoms with Crippen molar-refractivity contribution >= 4 is 5.91 Å². The van der Waals surface area contributed by atoms with Gasteiger partial charge < -0.3 is 15.4 Å². The van der Waals surface area contributed by atoms with Gasteiger partial charge in [-0.05, 0) is 13.0 Å². The van der Waals surface area contributed by atoms with Crippen LogP contribution in [0.1, 0.15) is 6.42 Å². The molecule has 0 aromatic rings. The van der Waals surface area contributed by atoms with Crippen molar-refractivity contribution in [1.29, 1.82) is 0 Å². The summed E-state index contributed by atoms with van der Waals surface area (Å²) in [4.78, 5) is 12.7. The lowest BCUT2D eigenvalue weighted by atomic mass is 10.2. The molecule has 0 heterocycles. The molecule has 4 heteroatoms. The molecule has 11 heavy (non-hydrogen) atoms. The van der Waals surface area contributed by atoms with E-state index in [0.29, 0.717) is 13.0 Å². The van der Waals surface area contributed by atoms with Crippen LogP contribution in [-0.2, 0) is 9.53 Å². The predicted molar refractivity (Wildman–Crippen MR) is 43.2 cm³/mol. The second kappa shape index (κ2) is 5.09. The smallest absolute Gasteiger partial charge is 0.251 e. The van der Waals surface area contributed by atoms with Crippen LogP contribution in [0.25, 0.3) is 0 Å². The molecule has 0 aliphatic rings. The molecule has 0 aliphatic heterocycles. The molecule has 0 bridgehead atoms. The van der Waals surface area contributed by atoms with Crippen molar-refractivity contribution in [2.75, 3.05) is 27.7 Å². The van der Waals surface area contributed by atoms with Crippen molar-refractivity contribution < 1.29 is 9.53 Å². The van der Waals surface area contributed by atoms with Crippen LogP contribution in [0.15, 0.2) is 0 Å². The lowest BCUT2D eigenvalue weighted by Crippen LogP contribution is -2.36. The van der Waals surface area contributed by atoms with Crippen LogP contribution in [0.3, 0.4) is 0 Å². The van der Waals surface area contributed by atoms with Crippen LogP contribution in [-0.4, -0.2) is 44.7 Å². The Balaban J connectivity index is 3.92. The molecule has 66 valence electrons. The summed E-state index contributed by atoms with van der Waals surface area (Å²) >= 11 is 0. The van der Waals surface area contributed by atoms with Gasteiger partial charge >= 0.3 is 0 Å². The molecule has 0 aliphatic carbocycles. The molecular formula is C7H16N2O2. The van der Waals surface area contributed by atoms with E-state index in [9.17, 15) is 4.79 Å². The van der Waals surface area contributed by atoms with E-state index >= 15 is 0 Å². The largest absolute Gasteiger partial charge is 0.372 e. The molecule has 0 unspecified atom stereocenters. The second-order valence-corrected chi connectivity index (χ2v) is 2.53. The predicted octanol–water partition coefficient (Wildman–Crippen LogP) is -0.562. The standard InChI is InChI=1S/C7H16N2O2/c1-9(2)7(10)6(11-3)4-5-8/h6H,4-5,8H2,1-3H3/t6-/m0/s1. The van der Waals surface area contributed by atoms with Gasteiger partial charge in [-0.1, -0.05) is 0 Å². The van der Waals surface area contributed by atoms with Crippen molar-refractivity contribution in [2.24, 2.45) is 5.73 Å². The van der Waals surface area contributed by atoms with E-state index in [1.165, 1.54) is 12.0 Å². The Morgan fingerprint density at radius 3 is 2.45 bits per heavy atom. The van der Waals surface area contributed by atoms with Crippen LogP contribution >= 0.6 is 0 Å². The fourth-order valence-electron chi connectivity index (χ4n) is 0.782. The van der Waals surface area contributed by atoms with Crippen LogP contribution in [0.5, 0.6) is 0 Å². The molecule has 0 fully saturated rings. The Labute approximate surface area is 67.3 Å². The molecule has 0 saturated carbocycles. The maximum absolute atomic E-state index is 11.2. The van der Waals surface area contributed by atoms with Gasteiger partial charge in [0.2, 0.25) is 0 Å². The Hall–Kier alpha value is -0.610. The number of methoxy groups -OCH3 is 1. The van der Waals surface area contributed by atoms with Crippen LogP contribution < -0.4 is 5.73 Å². The zero-order valence-electron chi connectivity index (χ0n) is 7.33. The average molecular weight is 160 g/mol. The first-order valence-electron chi connectivity index (χ1n) is 3.57. The third-order valence-corrected chi connectivity index (χ3v) is 1.43. The maximum Gasteiger partial charge on any atom is 0.251 e. The van der Waals surface area contributed by atoms with Gasteiger partial charge in [0.05, 0.1) is 0 Å². The number of rotatable bonds is 4. The highest BCUT2D eigenvalue weighted by Gasteiger charge is 2.17. The zero-order valence-corrected chi connectivity index (χ0v) is 7.33. The number of hydrogen-bond donors (Lipinski definition) is 1. The Kier molecular flexibility index (Phi) is 4.81. The quantitative estimate of drug-likeness (QED) is 0.599. The minimum absolute atomic E-state index is 0.0297. The number of likely N-dealkylation sites (N-methyl/N-ethyl adjacent to an activating group) is 1. The summed E-state index contributed by atoms with van der Waals surface area (Å²) in [6.45, 7) is 0.470. The number of amides is 1. The van der Waals surface area contributed by atoms with Gasteiger partial charge in [-0.2, -0.15) is 0 Å². The van der Waals surface area contributed by atoms with Crippen LogP contribution in [0, 0.1) is 0 Å². The summed E-state index contributed by atoms with van der Waals surface area (Å²) in [5.41, 5.74) is 5.29. The van der Waals surface area contributed by atoms with Gasteiger partial charge in [0.25, 0.3) is 5.91 Å². The van der Waals surface area contributed by atoms with E-state index in [4.69, 9.17) is 10.5 Å². The average Bonchev–Trinajstić information content (AvgIpc) is 1.98. The highest BCUT2D eigenvalue weighted by molar-refractivity contribution is 5.80. The highest BCUT2D eigenvalue weighted by atomic mass is 16.5. The third-order valence-electron chi connectivity index (χ3n) is 1.43. The first-order valence-corrected chi connectivity index (χ1v) is 3.57. The summed E-state index contributed by atoms with van der Waals surface area (Å²) < 4.78 is 4.94. The topological polar surface area (TPSA) is 55.6 Å². The van der Waals surface area contributed by atoms with Crippen molar-refractivity contribution in [3.63, 3.8) is 0 Å². The van der Waals surface area contributed by atoms with Crippen LogP contribution in [0.2, 0.25) is 0 Å². The monoisotopic (exact) mass is 160 g/mol. The molecule has 0 rings (SSSR count). The van der Waals surface area contributed by atoms with Gasteiger partial charge in [0.1, 0.15) is 6.10 Å². The molecule has 2 N–H and O–H groups in total. The number of carbonyl (C=O) groups excluding carboxylic acids is 1. The molecule has 0 radical (unpaired) electrons. The lowest BCUT2D eigenvalue weighted by Gasteiger charge is -2.18. The summed E-state index contributed by atoms with van der Waals surface area (Å²) in [5, 5.41) is 0. The van der Waals surface area contributed by atoms with Gasteiger partial charge in [0.15, 0.2) is 0 Å². The van der Waals surface area contributed by atoms with E-state index in [0.717, 1.165) is 0 Å². The number of nitrogens with zero attached hydrogens (tertiary/aromatic N) is 1.